The first-order valence-corrected chi connectivity index (χ1v) is 14.4. The summed E-state index contributed by atoms with van der Waals surface area (Å²) < 4.78 is 5.49. The van der Waals surface area contributed by atoms with Crippen LogP contribution < -0.4 is 10.6 Å². The number of hydrogen-bond acceptors (Lipinski definition) is 5. The third-order valence-electron chi connectivity index (χ3n) is 6.44. The van der Waals surface area contributed by atoms with Crippen molar-refractivity contribution in [1.82, 2.24) is 15.5 Å². The van der Waals surface area contributed by atoms with Crippen LogP contribution in [0.1, 0.15) is 90.8 Å². The lowest BCUT2D eigenvalue weighted by Crippen LogP contribution is -2.54. The zero-order valence-electron chi connectivity index (χ0n) is 24.9. The Morgan fingerprint density at radius 2 is 1.57 bits per heavy atom. The Hall–Kier alpha value is -3.55. The zero-order chi connectivity index (χ0) is 29.7. The van der Waals surface area contributed by atoms with Crippen LogP contribution in [0.5, 0.6) is 5.75 Å². The van der Waals surface area contributed by atoms with E-state index in [0.717, 1.165) is 31.2 Å². The van der Waals surface area contributed by atoms with Crippen LogP contribution in [0.2, 0.25) is 0 Å². The molecule has 220 valence electrons. The molecular weight excluding hydrogens is 506 g/mol. The highest BCUT2D eigenvalue weighted by atomic mass is 16.6. The number of phenolic OH excluding ortho intramolecular Hbond substituents is 1. The number of ether oxygens (including phenoxy) is 1. The molecule has 3 unspecified atom stereocenters. The van der Waals surface area contributed by atoms with Crippen molar-refractivity contribution in [2.24, 2.45) is 0 Å². The topological polar surface area (TPSA) is 108 Å². The number of nitrogens with one attached hydrogen (secondary N) is 2. The van der Waals surface area contributed by atoms with Crippen molar-refractivity contribution in [3.05, 3.63) is 65.7 Å². The fourth-order valence-electron chi connectivity index (χ4n) is 4.55. The van der Waals surface area contributed by atoms with Gasteiger partial charge >= 0.3 is 6.09 Å². The SMILES string of the molecule is CCCCCN(C(=O)C(Cc1ccccc1)NC(=O)OC(C)(C)C)C(C(=O)NC(C)CCC)c1ccc(O)cc1. The van der Waals surface area contributed by atoms with E-state index in [2.05, 4.69) is 24.5 Å². The summed E-state index contributed by atoms with van der Waals surface area (Å²) in [7, 11) is 0. The van der Waals surface area contributed by atoms with Crippen LogP contribution in [-0.4, -0.2) is 52.1 Å². The molecule has 3 amide bonds. The molecule has 0 heterocycles. The second-order valence-electron chi connectivity index (χ2n) is 11.3. The quantitative estimate of drug-likeness (QED) is 0.253. The molecule has 0 aliphatic carbocycles. The van der Waals surface area contributed by atoms with Crippen molar-refractivity contribution < 1.29 is 24.2 Å². The molecule has 40 heavy (non-hydrogen) atoms. The zero-order valence-corrected chi connectivity index (χ0v) is 24.9. The minimum absolute atomic E-state index is 0.0691. The number of benzene rings is 2. The molecule has 3 N–H and O–H groups in total. The lowest BCUT2D eigenvalue weighted by atomic mass is 9.99. The third-order valence-corrected chi connectivity index (χ3v) is 6.44. The van der Waals surface area contributed by atoms with E-state index in [9.17, 15) is 19.5 Å². The Labute approximate surface area is 239 Å². The predicted molar refractivity (Wildman–Crippen MR) is 158 cm³/mol. The number of rotatable bonds is 14. The van der Waals surface area contributed by atoms with Crippen LogP contribution in [0, 0.1) is 0 Å². The summed E-state index contributed by atoms with van der Waals surface area (Å²) in [5.41, 5.74) is 0.710. The molecule has 0 fully saturated rings. The summed E-state index contributed by atoms with van der Waals surface area (Å²) in [6.07, 6.45) is 3.76. The van der Waals surface area contributed by atoms with Crippen LogP contribution in [0.25, 0.3) is 0 Å². The van der Waals surface area contributed by atoms with Crippen molar-refractivity contribution >= 4 is 17.9 Å². The highest BCUT2D eigenvalue weighted by molar-refractivity contribution is 5.92. The Bertz CT molecular complexity index is 1070. The van der Waals surface area contributed by atoms with Crippen molar-refractivity contribution in [1.29, 1.82) is 0 Å². The molecular formula is C32H47N3O5. The first kappa shape index (κ1) is 32.7. The van der Waals surface area contributed by atoms with Gasteiger partial charge in [0.1, 0.15) is 23.4 Å². The first-order chi connectivity index (χ1) is 18.9. The molecule has 0 aromatic heterocycles. The predicted octanol–water partition coefficient (Wildman–Crippen LogP) is 5.89. The molecule has 8 nitrogen and oxygen atoms in total. The number of aromatic hydroxyl groups is 1. The van der Waals surface area contributed by atoms with Gasteiger partial charge in [0.15, 0.2) is 0 Å². The van der Waals surface area contributed by atoms with Gasteiger partial charge in [-0.05, 0) is 63.8 Å². The number of carbonyl (C=O) groups is 3. The first-order valence-electron chi connectivity index (χ1n) is 14.4. The second-order valence-corrected chi connectivity index (χ2v) is 11.3. The maximum absolute atomic E-state index is 14.4. The Morgan fingerprint density at radius 3 is 2.15 bits per heavy atom. The molecule has 2 aromatic rings. The number of phenols is 1. The van der Waals surface area contributed by atoms with Crippen LogP contribution in [0.4, 0.5) is 4.79 Å². The molecule has 8 heteroatoms. The normalized spacial score (nSPS) is 13.6. The fourth-order valence-corrected chi connectivity index (χ4v) is 4.55. The second kappa shape index (κ2) is 15.9. The minimum Gasteiger partial charge on any atom is -0.508 e. The number of alkyl carbamates (subject to hydrolysis) is 1. The molecule has 2 rings (SSSR count). The van der Waals surface area contributed by atoms with Crippen LogP contribution >= 0.6 is 0 Å². The van der Waals surface area contributed by atoms with Gasteiger partial charge in [0.25, 0.3) is 0 Å². The van der Waals surface area contributed by atoms with E-state index < -0.39 is 23.8 Å². The van der Waals surface area contributed by atoms with E-state index in [-0.39, 0.29) is 30.0 Å². The van der Waals surface area contributed by atoms with Crippen molar-refractivity contribution in [3.63, 3.8) is 0 Å². The molecule has 0 spiro atoms. The Kier molecular flexibility index (Phi) is 13.0. The van der Waals surface area contributed by atoms with Gasteiger partial charge in [-0.3, -0.25) is 9.59 Å². The number of unbranched alkanes of at least 4 members (excludes halogenated alkanes) is 2. The van der Waals surface area contributed by atoms with Crippen LogP contribution in [0.3, 0.4) is 0 Å². The number of carbonyl (C=O) groups excluding carboxylic acids is 3. The van der Waals surface area contributed by atoms with E-state index in [1.54, 1.807) is 37.8 Å². The summed E-state index contributed by atoms with van der Waals surface area (Å²) in [6, 6.07) is 13.8. The van der Waals surface area contributed by atoms with E-state index in [1.807, 2.05) is 37.3 Å². The maximum atomic E-state index is 14.4. The number of hydrogen-bond donors (Lipinski definition) is 3. The summed E-state index contributed by atoms with van der Waals surface area (Å²) in [4.78, 5) is 42.6. The van der Waals surface area contributed by atoms with Crippen molar-refractivity contribution in [3.8, 4) is 5.75 Å². The summed E-state index contributed by atoms with van der Waals surface area (Å²) in [5, 5.41) is 15.8. The lowest BCUT2D eigenvalue weighted by molar-refractivity contribution is -0.142. The van der Waals surface area contributed by atoms with Gasteiger partial charge in [0, 0.05) is 19.0 Å². The van der Waals surface area contributed by atoms with Gasteiger partial charge in [-0.1, -0.05) is 75.6 Å². The van der Waals surface area contributed by atoms with E-state index in [0.29, 0.717) is 18.5 Å². The average molecular weight is 554 g/mol. The van der Waals surface area contributed by atoms with Gasteiger partial charge in [0.2, 0.25) is 11.8 Å². The van der Waals surface area contributed by atoms with Crippen molar-refractivity contribution in [2.75, 3.05) is 6.54 Å². The Morgan fingerprint density at radius 1 is 0.925 bits per heavy atom. The number of amides is 3. The largest absolute Gasteiger partial charge is 0.508 e. The molecule has 0 radical (unpaired) electrons. The van der Waals surface area contributed by atoms with Gasteiger partial charge in [-0.25, -0.2) is 4.79 Å². The molecule has 0 aliphatic heterocycles. The highest BCUT2D eigenvalue weighted by Crippen LogP contribution is 2.26. The van der Waals surface area contributed by atoms with Gasteiger partial charge < -0.3 is 25.4 Å². The standard InChI is InChI=1S/C32H47N3O5/c1-7-9-13-21-35(28(25-17-19-26(36)20-18-25)29(37)33-23(3)14-8-2)30(38)27(22-24-15-11-10-12-16-24)34-31(39)40-32(4,5)6/h10-12,15-20,23,27-28,36H,7-9,13-14,21-22H2,1-6H3,(H,33,37)(H,34,39). The molecule has 0 saturated carbocycles. The molecule has 0 saturated heterocycles. The summed E-state index contributed by atoms with van der Waals surface area (Å²) in [5.74, 6) is -0.603. The molecule has 2 aromatic carbocycles. The third kappa shape index (κ3) is 10.9. The smallest absolute Gasteiger partial charge is 0.408 e. The highest BCUT2D eigenvalue weighted by Gasteiger charge is 2.36. The van der Waals surface area contributed by atoms with E-state index >= 15 is 0 Å². The number of nitrogens with zero attached hydrogens (tertiary/aromatic N) is 1. The molecule has 0 aliphatic rings. The van der Waals surface area contributed by atoms with Gasteiger partial charge in [0.05, 0.1) is 0 Å². The van der Waals surface area contributed by atoms with Gasteiger partial charge in [-0.2, -0.15) is 0 Å². The monoisotopic (exact) mass is 553 g/mol. The van der Waals surface area contributed by atoms with Crippen LogP contribution in [-0.2, 0) is 20.7 Å². The van der Waals surface area contributed by atoms with Crippen molar-refractivity contribution in [2.45, 2.75) is 104 Å². The Balaban J connectivity index is 2.54. The van der Waals surface area contributed by atoms with E-state index in [4.69, 9.17) is 4.74 Å². The lowest BCUT2D eigenvalue weighted by Gasteiger charge is -2.35. The molecule has 0 bridgehead atoms. The van der Waals surface area contributed by atoms with E-state index in [1.165, 1.54) is 12.1 Å². The summed E-state index contributed by atoms with van der Waals surface area (Å²) >= 11 is 0. The minimum atomic E-state index is -0.959. The fraction of sp³-hybridized carbons (Fsp3) is 0.531. The average Bonchev–Trinajstić information content (AvgIpc) is 2.88. The molecule has 3 atom stereocenters. The van der Waals surface area contributed by atoms with Crippen LogP contribution in [0.15, 0.2) is 54.6 Å². The van der Waals surface area contributed by atoms with Gasteiger partial charge in [-0.15, -0.1) is 0 Å². The maximum Gasteiger partial charge on any atom is 0.408 e. The summed E-state index contributed by atoms with van der Waals surface area (Å²) in [6.45, 7) is 11.7.